The summed E-state index contributed by atoms with van der Waals surface area (Å²) in [5.74, 6) is -0.474. The first-order valence-corrected chi connectivity index (χ1v) is 14.2. The molecule has 0 fully saturated rings. The highest BCUT2D eigenvalue weighted by atomic mass is 32.2. The van der Waals surface area contributed by atoms with E-state index in [-0.39, 0.29) is 6.54 Å². The summed E-state index contributed by atoms with van der Waals surface area (Å²) in [5, 5.41) is 8.39. The molecule has 0 saturated heterocycles. The summed E-state index contributed by atoms with van der Waals surface area (Å²) in [6.07, 6.45) is 7.99. The number of aromatic nitrogens is 6. The number of halogens is 1. The number of nitrogens with zero attached hydrogens (tertiary/aromatic N) is 5. The van der Waals surface area contributed by atoms with E-state index in [4.69, 9.17) is 4.98 Å². The van der Waals surface area contributed by atoms with Crippen LogP contribution in [0.1, 0.15) is 5.56 Å². The fourth-order valence-electron chi connectivity index (χ4n) is 4.59. The van der Waals surface area contributed by atoms with Gasteiger partial charge in [0.05, 0.1) is 46.8 Å². The molecule has 3 N–H and O–H groups in total. The first-order chi connectivity index (χ1) is 19.1. The van der Waals surface area contributed by atoms with Gasteiger partial charge in [-0.3, -0.25) is 15.1 Å². The van der Waals surface area contributed by atoms with Crippen LogP contribution in [0, 0.1) is 5.82 Å². The number of pyridine rings is 3. The Morgan fingerprint density at radius 2 is 1.77 bits per heavy atom. The molecule has 0 aliphatic heterocycles. The Hall–Kier alpha value is -4.68. The zero-order valence-corrected chi connectivity index (χ0v) is 22.7. The molecule has 0 spiro atoms. The molecular formula is C28H25FN8O2S. The maximum Gasteiger partial charge on any atom is 0.209 e. The Bertz CT molecular complexity index is 2000. The monoisotopic (exact) mass is 556 g/mol. The van der Waals surface area contributed by atoms with E-state index in [1.165, 1.54) is 12.1 Å². The summed E-state index contributed by atoms with van der Waals surface area (Å²) in [7, 11) is 0.495. The SMILES string of the molecule is CN(C)c1cncc(-c2ccc3[nH]nc(-c4cc5c(-c6cc(F)cc(CNS(C)(=O)=O)c6)cncc5[nH]4)c3n2)c1. The Balaban J connectivity index is 1.42. The molecule has 40 heavy (non-hydrogen) atoms. The highest BCUT2D eigenvalue weighted by Crippen LogP contribution is 2.34. The highest BCUT2D eigenvalue weighted by Gasteiger charge is 2.17. The Labute approximate surface area is 229 Å². The number of fused-ring (bicyclic) bond motifs is 2. The standard InChI is InChI=1S/C28H25FN8O2S/c1-37(2)20-9-18(12-30-13-20)23-4-5-24-27(34-23)28(36-35-24)25-10-21-22(14-31-15-26(21)33-25)17-6-16(7-19(29)8-17)11-32-40(3,38)39/h4-10,12-15,32-33H,11H2,1-3H3,(H,35,36). The average molecular weight is 557 g/mol. The van der Waals surface area contributed by atoms with Crippen molar-refractivity contribution in [2.45, 2.75) is 6.54 Å². The first-order valence-electron chi connectivity index (χ1n) is 12.3. The van der Waals surface area contributed by atoms with Gasteiger partial charge in [0, 0.05) is 49.5 Å². The van der Waals surface area contributed by atoms with E-state index in [1.807, 2.05) is 43.3 Å². The maximum absolute atomic E-state index is 14.5. The molecule has 1 aromatic carbocycles. The van der Waals surface area contributed by atoms with Crippen LogP contribution in [0.5, 0.6) is 0 Å². The van der Waals surface area contributed by atoms with Crippen LogP contribution in [-0.2, 0) is 16.6 Å². The van der Waals surface area contributed by atoms with Crippen molar-refractivity contribution in [1.29, 1.82) is 0 Å². The van der Waals surface area contributed by atoms with E-state index in [1.54, 1.807) is 30.9 Å². The van der Waals surface area contributed by atoms with Crippen molar-refractivity contribution in [1.82, 2.24) is 34.9 Å². The molecule has 5 heterocycles. The Kier molecular flexibility index (Phi) is 6.28. The van der Waals surface area contributed by atoms with Gasteiger partial charge in [0.15, 0.2) is 0 Å². The molecule has 0 radical (unpaired) electrons. The zero-order chi connectivity index (χ0) is 28.0. The van der Waals surface area contributed by atoms with Gasteiger partial charge >= 0.3 is 0 Å². The van der Waals surface area contributed by atoms with Gasteiger partial charge in [-0.15, -0.1) is 0 Å². The van der Waals surface area contributed by atoms with Crippen LogP contribution in [0.3, 0.4) is 0 Å². The summed E-state index contributed by atoms with van der Waals surface area (Å²) < 4.78 is 40.0. The Morgan fingerprint density at radius 1 is 0.950 bits per heavy atom. The van der Waals surface area contributed by atoms with E-state index in [0.717, 1.165) is 45.3 Å². The molecule has 0 saturated carbocycles. The molecule has 6 rings (SSSR count). The minimum absolute atomic E-state index is 0.0222. The second-order valence-electron chi connectivity index (χ2n) is 9.76. The number of aromatic amines is 2. The third-order valence-corrected chi connectivity index (χ3v) is 7.22. The predicted molar refractivity (Wildman–Crippen MR) is 154 cm³/mol. The number of sulfonamides is 1. The van der Waals surface area contributed by atoms with Crippen LogP contribution in [0.4, 0.5) is 10.1 Å². The number of rotatable bonds is 7. The van der Waals surface area contributed by atoms with Crippen molar-refractivity contribution in [3.63, 3.8) is 0 Å². The van der Waals surface area contributed by atoms with Crippen molar-refractivity contribution in [3.05, 3.63) is 78.6 Å². The smallest absolute Gasteiger partial charge is 0.209 e. The fourth-order valence-corrected chi connectivity index (χ4v) is 5.02. The van der Waals surface area contributed by atoms with Gasteiger partial charge in [0.25, 0.3) is 0 Å². The van der Waals surface area contributed by atoms with Gasteiger partial charge in [-0.2, -0.15) is 5.10 Å². The molecule has 6 aromatic rings. The molecular weight excluding hydrogens is 531 g/mol. The number of nitrogens with one attached hydrogen (secondary N) is 3. The minimum Gasteiger partial charge on any atom is -0.376 e. The molecule has 0 amide bonds. The minimum atomic E-state index is -3.43. The van der Waals surface area contributed by atoms with Crippen LogP contribution in [-0.4, -0.2) is 58.9 Å². The van der Waals surface area contributed by atoms with Gasteiger partial charge < -0.3 is 9.88 Å². The van der Waals surface area contributed by atoms with Crippen molar-refractivity contribution in [3.8, 4) is 33.8 Å². The van der Waals surface area contributed by atoms with Crippen LogP contribution in [0.15, 0.2) is 67.3 Å². The number of hydrogen-bond donors (Lipinski definition) is 3. The second kappa shape index (κ2) is 9.81. The molecule has 202 valence electrons. The van der Waals surface area contributed by atoms with E-state index >= 15 is 0 Å². The molecule has 0 atom stereocenters. The van der Waals surface area contributed by atoms with Gasteiger partial charge in [-0.25, -0.2) is 22.5 Å². The van der Waals surface area contributed by atoms with Crippen molar-refractivity contribution in [2.24, 2.45) is 0 Å². The third-order valence-electron chi connectivity index (χ3n) is 6.55. The lowest BCUT2D eigenvalue weighted by atomic mass is 10.0. The highest BCUT2D eigenvalue weighted by molar-refractivity contribution is 7.88. The predicted octanol–water partition coefficient (Wildman–Crippen LogP) is 4.48. The lowest BCUT2D eigenvalue weighted by Gasteiger charge is -2.12. The largest absolute Gasteiger partial charge is 0.376 e. The van der Waals surface area contributed by atoms with Crippen LogP contribution in [0.2, 0.25) is 0 Å². The lowest BCUT2D eigenvalue weighted by Crippen LogP contribution is -2.21. The van der Waals surface area contributed by atoms with Crippen molar-refractivity contribution >= 4 is 37.6 Å². The van der Waals surface area contributed by atoms with E-state index < -0.39 is 15.8 Å². The summed E-state index contributed by atoms with van der Waals surface area (Å²) in [5.41, 5.74) is 7.94. The van der Waals surface area contributed by atoms with Gasteiger partial charge in [-0.05, 0) is 53.6 Å². The van der Waals surface area contributed by atoms with Crippen LogP contribution < -0.4 is 9.62 Å². The molecule has 0 bridgehead atoms. The molecule has 0 aliphatic carbocycles. The van der Waals surface area contributed by atoms with Crippen LogP contribution in [0.25, 0.3) is 55.7 Å². The third kappa shape index (κ3) is 5.01. The van der Waals surface area contributed by atoms with Gasteiger partial charge in [0.1, 0.15) is 17.0 Å². The number of anilines is 1. The summed E-state index contributed by atoms with van der Waals surface area (Å²) in [4.78, 5) is 19.0. The normalized spacial score (nSPS) is 11.9. The molecule has 0 aliphatic rings. The van der Waals surface area contributed by atoms with E-state index in [2.05, 4.69) is 29.9 Å². The van der Waals surface area contributed by atoms with Gasteiger partial charge in [0.2, 0.25) is 10.0 Å². The van der Waals surface area contributed by atoms with Gasteiger partial charge in [-0.1, -0.05) is 0 Å². The molecule has 12 heteroatoms. The first kappa shape index (κ1) is 25.6. The second-order valence-corrected chi connectivity index (χ2v) is 11.6. The lowest BCUT2D eigenvalue weighted by molar-refractivity contribution is 0.586. The summed E-state index contributed by atoms with van der Waals surface area (Å²) in [6.45, 7) is -0.0222. The number of H-pyrrole nitrogens is 2. The fraction of sp³-hybridized carbons (Fsp3) is 0.143. The van der Waals surface area contributed by atoms with E-state index in [9.17, 15) is 12.8 Å². The topological polar surface area (TPSA) is 133 Å². The number of hydrogen-bond acceptors (Lipinski definition) is 7. The summed E-state index contributed by atoms with van der Waals surface area (Å²) >= 11 is 0. The summed E-state index contributed by atoms with van der Waals surface area (Å²) in [6, 6.07) is 12.3. The number of benzene rings is 1. The maximum atomic E-state index is 14.5. The quantitative estimate of drug-likeness (QED) is 0.264. The zero-order valence-electron chi connectivity index (χ0n) is 21.9. The van der Waals surface area contributed by atoms with E-state index in [0.29, 0.717) is 27.9 Å². The average Bonchev–Trinajstić information content (AvgIpc) is 3.55. The van der Waals surface area contributed by atoms with Crippen LogP contribution >= 0.6 is 0 Å². The molecule has 5 aromatic heterocycles. The van der Waals surface area contributed by atoms with Crippen molar-refractivity contribution in [2.75, 3.05) is 25.3 Å². The van der Waals surface area contributed by atoms with Crippen molar-refractivity contribution < 1.29 is 12.8 Å². The Morgan fingerprint density at radius 3 is 2.58 bits per heavy atom. The molecule has 10 nitrogen and oxygen atoms in total. The molecule has 0 unspecified atom stereocenters.